The fourth-order valence-electron chi connectivity index (χ4n) is 11.0. The SMILES string of the molecule is CCC1(OC(=O)C(C)(C)CC(CC(C)c2ccc(O)cc2)C(=O)OC2CC3CCC2(C)C3(C)C)C2CC3CC(C2)CC1C3. The smallest absolute Gasteiger partial charge is 0.312 e. The van der Waals surface area contributed by atoms with Gasteiger partial charge in [0.2, 0.25) is 0 Å². The van der Waals surface area contributed by atoms with Crippen molar-refractivity contribution in [3.05, 3.63) is 29.8 Å². The normalized spacial score (nSPS) is 38.6. The molecule has 1 aromatic carbocycles. The molecule has 238 valence electrons. The van der Waals surface area contributed by atoms with Gasteiger partial charge in [0.05, 0.1) is 11.3 Å². The lowest BCUT2D eigenvalue weighted by Crippen LogP contribution is -2.60. The summed E-state index contributed by atoms with van der Waals surface area (Å²) in [5.74, 6) is 2.73. The zero-order valence-electron chi connectivity index (χ0n) is 27.8. The Morgan fingerprint density at radius 1 is 0.953 bits per heavy atom. The van der Waals surface area contributed by atoms with Crippen LogP contribution in [0.5, 0.6) is 5.75 Å². The third-order valence-electron chi connectivity index (χ3n) is 14.1. The maximum Gasteiger partial charge on any atom is 0.312 e. The van der Waals surface area contributed by atoms with Crippen LogP contribution in [0.2, 0.25) is 0 Å². The van der Waals surface area contributed by atoms with Crippen LogP contribution in [0.25, 0.3) is 0 Å². The summed E-state index contributed by atoms with van der Waals surface area (Å²) in [4.78, 5) is 28.3. The minimum Gasteiger partial charge on any atom is -0.508 e. The lowest BCUT2D eigenvalue weighted by atomic mass is 9.49. The van der Waals surface area contributed by atoms with Gasteiger partial charge < -0.3 is 14.6 Å². The predicted octanol–water partition coefficient (Wildman–Crippen LogP) is 8.82. The van der Waals surface area contributed by atoms with E-state index in [1.54, 1.807) is 12.1 Å². The average Bonchev–Trinajstić information content (AvgIpc) is 3.28. The Morgan fingerprint density at radius 2 is 1.56 bits per heavy atom. The molecular formula is C38H56O5. The van der Waals surface area contributed by atoms with E-state index in [0.29, 0.717) is 30.6 Å². The minimum atomic E-state index is -0.812. The second-order valence-corrected chi connectivity index (χ2v) is 17.1. The first-order valence-electron chi connectivity index (χ1n) is 17.4. The zero-order valence-corrected chi connectivity index (χ0v) is 27.8. The number of hydrogen-bond donors (Lipinski definition) is 1. The number of benzene rings is 1. The summed E-state index contributed by atoms with van der Waals surface area (Å²) >= 11 is 0. The fourth-order valence-corrected chi connectivity index (χ4v) is 11.0. The van der Waals surface area contributed by atoms with Gasteiger partial charge in [-0.25, -0.2) is 0 Å². The first kappa shape index (κ1) is 31.0. The highest BCUT2D eigenvalue weighted by Gasteiger charge is 2.63. The van der Waals surface area contributed by atoms with Crippen LogP contribution in [0, 0.1) is 51.8 Å². The van der Waals surface area contributed by atoms with Crippen LogP contribution < -0.4 is 0 Å². The molecule has 6 fully saturated rings. The Kier molecular flexibility index (Phi) is 7.77. The summed E-state index contributed by atoms with van der Waals surface area (Å²) in [6, 6.07) is 7.26. The Labute approximate surface area is 259 Å². The van der Waals surface area contributed by atoms with Crippen LogP contribution in [0.4, 0.5) is 0 Å². The first-order valence-corrected chi connectivity index (χ1v) is 17.4. The summed E-state index contributed by atoms with van der Waals surface area (Å²) < 4.78 is 13.2. The molecule has 0 spiro atoms. The minimum absolute atomic E-state index is 0.0120. The van der Waals surface area contributed by atoms with Gasteiger partial charge in [0.1, 0.15) is 17.5 Å². The van der Waals surface area contributed by atoms with E-state index in [4.69, 9.17) is 9.47 Å². The van der Waals surface area contributed by atoms with Crippen molar-refractivity contribution >= 4 is 11.9 Å². The summed E-state index contributed by atoms with van der Waals surface area (Å²) in [7, 11) is 0. The van der Waals surface area contributed by atoms with Gasteiger partial charge in [-0.1, -0.05) is 46.8 Å². The van der Waals surface area contributed by atoms with Crippen LogP contribution >= 0.6 is 0 Å². The molecule has 0 amide bonds. The molecule has 0 aliphatic heterocycles. The summed E-state index contributed by atoms with van der Waals surface area (Å²) in [6.07, 6.45) is 11.2. The van der Waals surface area contributed by atoms with E-state index in [1.807, 2.05) is 26.0 Å². The van der Waals surface area contributed by atoms with Crippen LogP contribution in [0.15, 0.2) is 24.3 Å². The van der Waals surface area contributed by atoms with Gasteiger partial charge in [-0.3, -0.25) is 9.59 Å². The number of phenolic OH excluding ortho intramolecular Hbond substituents is 1. The molecule has 5 nitrogen and oxygen atoms in total. The summed E-state index contributed by atoms with van der Waals surface area (Å²) in [5.41, 5.74) is 0.0562. The molecule has 0 aromatic heterocycles. The van der Waals surface area contributed by atoms with Crippen molar-refractivity contribution in [3.63, 3.8) is 0 Å². The molecule has 5 unspecified atom stereocenters. The average molecular weight is 593 g/mol. The Balaban J connectivity index is 1.21. The van der Waals surface area contributed by atoms with Crippen molar-refractivity contribution in [2.75, 3.05) is 0 Å². The summed E-state index contributed by atoms with van der Waals surface area (Å²) in [6.45, 7) is 15.3. The number of rotatable bonds is 10. The number of phenols is 1. The van der Waals surface area contributed by atoms with Crippen LogP contribution in [0.1, 0.15) is 131 Å². The molecule has 1 N–H and O–H groups in total. The molecule has 0 heterocycles. The number of aromatic hydroxyl groups is 1. The van der Waals surface area contributed by atoms with Gasteiger partial charge in [-0.05, 0) is 143 Å². The highest BCUT2D eigenvalue weighted by atomic mass is 16.6. The third kappa shape index (κ3) is 5.13. The van der Waals surface area contributed by atoms with Gasteiger partial charge in [-0.15, -0.1) is 0 Å². The second kappa shape index (κ2) is 10.8. The van der Waals surface area contributed by atoms with Crippen molar-refractivity contribution in [2.45, 2.75) is 137 Å². The highest BCUT2D eigenvalue weighted by Crippen LogP contribution is 2.66. The lowest BCUT2D eigenvalue weighted by molar-refractivity contribution is -0.219. The van der Waals surface area contributed by atoms with Crippen molar-refractivity contribution < 1.29 is 24.2 Å². The number of hydrogen-bond acceptors (Lipinski definition) is 5. The molecule has 0 saturated heterocycles. The van der Waals surface area contributed by atoms with Crippen LogP contribution in [-0.4, -0.2) is 28.8 Å². The molecule has 6 bridgehead atoms. The number of fused-ring (bicyclic) bond motifs is 2. The van der Waals surface area contributed by atoms with E-state index < -0.39 is 11.3 Å². The van der Waals surface area contributed by atoms with Crippen LogP contribution in [0.3, 0.4) is 0 Å². The molecule has 0 radical (unpaired) electrons. The standard InChI is InChI=1S/C38H56O5/c1-8-38(29-17-24-16-25(19-29)20-30(38)18-24)43-34(41)35(3,4)22-27(15-23(2)26-9-11-31(39)12-10-26)33(40)42-32-21-28-13-14-37(32,7)36(28,5)6/h9-12,23-25,27-30,32,39H,8,13-22H2,1-7H3. The number of carbonyl (C=O) groups is 2. The number of esters is 2. The molecule has 7 rings (SSSR count). The van der Waals surface area contributed by atoms with Crippen molar-refractivity contribution in [1.29, 1.82) is 0 Å². The number of carbonyl (C=O) groups excluding carboxylic acids is 2. The molecule has 6 saturated carbocycles. The Bertz CT molecular complexity index is 1190. The Hall–Kier alpha value is -2.04. The molecule has 6 aliphatic carbocycles. The molecule has 5 atom stereocenters. The van der Waals surface area contributed by atoms with Gasteiger partial charge in [0.25, 0.3) is 0 Å². The number of ether oxygens (including phenoxy) is 2. The largest absolute Gasteiger partial charge is 0.508 e. The van der Waals surface area contributed by atoms with Crippen molar-refractivity contribution in [2.24, 2.45) is 51.8 Å². The van der Waals surface area contributed by atoms with Crippen molar-refractivity contribution in [1.82, 2.24) is 0 Å². The topological polar surface area (TPSA) is 72.8 Å². The molecule has 1 aromatic rings. The molecule has 5 heteroatoms. The maximum absolute atomic E-state index is 14.2. The second-order valence-electron chi connectivity index (χ2n) is 17.1. The lowest BCUT2D eigenvalue weighted by Gasteiger charge is -2.60. The van der Waals surface area contributed by atoms with E-state index in [-0.39, 0.29) is 46.1 Å². The summed E-state index contributed by atoms with van der Waals surface area (Å²) in [5, 5.41) is 9.83. The van der Waals surface area contributed by atoms with Crippen molar-refractivity contribution in [3.8, 4) is 5.75 Å². The maximum atomic E-state index is 14.2. The first-order chi connectivity index (χ1) is 20.2. The van der Waals surface area contributed by atoms with E-state index >= 15 is 0 Å². The third-order valence-corrected chi connectivity index (χ3v) is 14.1. The van der Waals surface area contributed by atoms with Gasteiger partial charge in [0, 0.05) is 5.41 Å². The zero-order chi connectivity index (χ0) is 30.9. The van der Waals surface area contributed by atoms with E-state index in [9.17, 15) is 14.7 Å². The Morgan fingerprint density at radius 3 is 2.07 bits per heavy atom. The van der Waals surface area contributed by atoms with Crippen LogP contribution in [-0.2, 0) is 19.1 Å². The molecule has 6 aliphatic rings. The fraction of sp³-hybridized carbons (Fsp3) is 0.789. The van der Waals surface area contributed by atoms with Gasteiger partial charge in [0.15, 0.2) is 0 Å². The van der Waals surface area contributed by atoms with Gasteiger partial charge >= 0.3 is 11.9 Å². The van der Waals surface area contributed by atoms with E-state index in [2.05, 4.69) is 34.6 Å². The van der Waals surface area contributed by atoms with Gasteiger partial charge in [-0.2, -0.15) is 0 Å². The monoisotopic (exact) mass is 592 g/mol. The predicted molar refractivity (Wildman–Crippen MR) is 168 cm³/mol. The quantitative estimate of drug-likeness (QED) is 0.275. The van der Waals surface area contributed by atoms with E-state index in [1.165, 1.54) is 38.5 Å². The van der Waals surface area contributed by atoms with E-state index in [0.717, 1.165) is 36.7 Å². The molecule has 43 heavy (non-hydrogen) atoms. The highest BCUT2D eigenvalue weighted by molar-refractivity contribution is 5.79. The molecular weight excluding hydrogens is 536 g/mol.